The van der Waals surface area contributed by atoms with Crippen molar-refractivity contribution in [2.24, 2.45) is 17.8 Å². The Kier molecular flexibility index (Phi) is 7.64. The third kappa shape index (κ3) is 5.38. The molecule has 0 bridgehead atoms. The lowest BCUT2D eigenvalue weighted by atomic mass is 9.85. The summed E-state index contributed by atoms with van der Waals surface area (Å²) in [5, 5.41) is 11.1. The van der Waals surface area contributed by atoms with Gasteiger partial charge in [-0.15, -0.1) is 0 Å². The topological polar surface area (TPSA) is 20.2 Å². The molecule has 39 heavy (non-hydrogen) atoms. The summed E-state index contributed by atoms with van der Waals surface area (Å²) in [5.74, 6) is 2.21. The van der Waals surface area contributed by atoms with Crippen molar-refractivity contribution in [1.82, 2.24) is 0 Å². The molecule has 0 heterocycles. The van der Waals surface area contributed by atoms with E-state index in [0.29, 0.717) is 17.6 Å². The van der Waals surface area contributed by atoms with E-state index in [2.05, 4.69) is 85.4 Å². The second kappa shape index (κ2) is 10.8. The number of hydrogen-bond donors (Lipinski definition) is 1. The number of aromatic hydroxyl groups is 1. The minimum absolute atomic E-state index is 0.406. The van der Waals surface area contributed by atoms with E-state index in [1.165, 1.54) is 79.6 Å². The van der Waals surface area contributed by atoms with Gasteiger partial charge in [0, 0.05) is 5.56 Å². The van der Waals surface area contributed by atoms with Gasteiger partial charge in [-0.2, -0.15) is 0 Å². The third-order valence-corrected chi connectivity index (χ3v) is 9.57. The molecule has 0 amide bonds. The third-order valence-electron chi connectivity index (χ3n) is 9.57. The van der Waals surface area contributed by atoms with E-state index in [1.807, 2.05) is 12.1 Å². The van der Waals surface area contributed by atoms with Crippen molar-refractivity contribution in [3.05, 3.63) is 104 Å². The second-order valence-corrected chi connectivity index (χ2v) is 13.0. The summed E-state index contributed by atoms with van der Waals surface area (Å²) in [7, 11) is 0. The van der Waals surface area contributed by atoms with Gasteiger partial charge in [-0.1, -0.05) is 64.1 Å². The van der Waals surface area contributed by atoms with Crippen molar-refractivity contribution in [2.45, 2.75) is 87.0 Å². The minimum atomic E-state index is 0.406. The molecule has 0 saturated carbocycles. The van der Waals surface area contributed by atoms with E-state index >= 15 is 0 Å². The van der Waals surface area contributed by atoms with Gasteiger partial charge in [0.15, 0.2) is 0 Å². The van der Waals surface area contributed by atoms with Crippen LogP contribution in [0.2, 0.25) is 0 Å². The van der Waals surface area contributed by atoms with Gasteiger partial charge < -0.3 is 5.11 Å². The molecule has 1 N–H and O–H groups in total. The molecule has 5 rings (SSSR count). The van der Waals surface area contributed by atoms with Crippen LogP contribution >= 0.6 is 0 Å². The summed E-state index contributed by atoms with van der Waals surface area (Å²) in [4.78, 5) is 0. The Balaban J connectivity index is 1.39. The summed E-state index contributed by atoms with van der Waals surface area (Å²) >= 11 is 0. The first kappa shape index (κ1) is 27.5. The Labute approximate surface area is 236 Å². The fourth-order valence-electron chi connectivity index (χ4n) is 7.02. The monoisotopic (exact) mass is 518 g/mol. The van der Waals surface area contributed by atoms with Crippen molar-refractivity contribution >= 4 is 17.2 Å². The first-order valence-electron chi connectivity index (χ1n) is 15.0. The van der Waals surface area contributed by atoms with E-state index in [0.717, 1.165) is 37.2 Å². The predicted molar refractivity (Wildman–Crippen MR) is 168 cm³/mol. The van der Waals surface area contributed by atoms with Crippen LogP contribution in [0.25, 0.3) is 17.2 Å². The van der Waals surface area contributed by atoms with Crippen LogP contribution in [0.5, 0.6) is 5.75 Å². The highest BCUT2D eigenvalue weighted by molar-refractivity contribution is 5.92. The smallest absolute Gasteiger partial charge is 0.123 e. The van der Waals surface area contributed by atoms with E-state index < -0.39 is 0 Å². The highest BCUT2D eigenvalue weighted by Gasteiger charge is 2.29. The Morgan fingerprint density at radius 1 is 0.923 bits per heavy atom. The number of phenols is 1. The van der Waals surface area contributed by atoms with E-state index in [1.54, 1.807) is 0 Å². The van der Waals surface area contributed by atoms with Gasteiger partial charge in [0.2, 0.25) is 0 Å². The van der Waals surface area contributed by atoms with Crippen LogP contribution in [0, 0.1) is 45.4 Å². The first-order chi connectivity index (χ1) is 18.5. The molecular weight excluding hydrogens is 472 g/mol. The summed E-state index contributed by atoms with van der Waals surface area (Å²) in [6.45, 7) is 20.5. The Morgan fingerprint density at radius 2 is 1.64 bits per heavy atom. The van der Waals surface area contributed by atoms with Gasteiger partial charge in [-0.3, -0.25) is 0 Å². The largest absolute Gasteiger partial charge is 0.507 e. The van der Waals surface area contributed by atoms with Crippen LogP contribution in [0.3, 0.4) is 0 Å². The average molecular weight is 519 g/mol. The van der Waals surface area contributed by atoms with Crippen LogP contribution in [-0.4, -0.2) is 5.11 Å². The number of aryl methyl sites for hydroxylation is 2. The zero-order valence-electron chi connectivity index (χ0n) is 25.2. The van der Waals surface area contributed by atoms with Gasteiger partial charge in [-0.05, 0) is 156 Å². The molecule has 2 aliphatic carbocycles. The number of rotatable bonds is 8. The van der Waals surface area contributed by atoms with Crippen LogP contribution in [0.4, 0.5) is 0 Å². The number of allylic oxidation sites excluding steroid dienone is 2. The lowest BCUT2D eigenvalue weighted by Crippen LogP contribution is -2.10. The number of phenolic OH excluding ortho intramolecular Hbond substituents is 1. The Bertz CT molecular complexity index is 1440. The van der Waals surface area contributed by atoms with Crippen molar-refractivity contribution in [3.63, 3.8) is 0 Å². The fourth-order valence-corrected chi connectivity index (χ4v) is 7.02. The molecule has 0 aliphatic heterocycles. The summed E-state index contributed by atoms with van der Waals surface area (Å²) < 4.78 is 0. The number of benzene rings is 3. The quantitative estimate of drug-likeness (QED) is 0.315. The van der Waals surface area contributed by atoms with E-state index in [4.69, 9.17) is 0 Å². The van der Waals surface area contributed by atoms with Gasteiger partial charge in [-0.25, -0.2) is 0 Å². The van der Waals surface area contributed by atoms with E-state index in [-0.39, 0.29) is 0 Å². The number of fused-ring (bicyclic) bond motifs is 2. The molecule has 2 atom stereocenters. The lowest BCUT2D eigenvalue weighted by Gasteiger charge is -2.21. The van der Waals surface area contributed by atoms with Gasteiger partial charge in [0.25, 0.3) is 0 Å². The maximum atomic E-state index is 11.1. The zero-order valence-corrected chi connectivity index (χ0v) is 25.2. The van der Waals surface area contributed by atoms with Gasteiger partial charge in [0.05, 0.1) is 0 Å². The molecule has 3 aromatic carbocycles. The molecular formula is C38H46O. The molecule has 0 saturated heterocycles. The minimum Gasteiger partial charge on any atom is -0.507 e. The molecule has 2 unspecified atom stereocenters. The van der Waals surface area contributed by atoms with Crippen LogP contribution < -0.4 is 0 Å². The standard InChI is InChI=1S/C38H46O/c1-22(2)12-13-29-17-33-18-31-19-34(20-32(31)21-36(33)28(29)8)38-30(10-9-11-37(38)39)14-23(3)15-35-26(6)24(4)16-25(5)27(35)7/h9-11,16,18,20-23,29,39H,8,12-15,17,19H2,1-7H3. The SMILES string of the molecule is C=C1c2cc3c(cc2CC1CCC(C)C)CC(c1c(O)cccc1CC(C)Cc1c(C)c(C)cc(C)c1C)=C3. The summed E-state index contributed by atoms with van der Waals surface area (Å²) in [5.41, 5.74) is 17.5. The van der Waals surface area contributed by atoms with Crippen LogP contribution in [0.15, 0.2) is 43.0 Å². The molecule has 1 heteroatoms. The van der Waals surface area contributed by atoms with Crippen molar-refractivity contribution in [2.75, 3.05) is 0 Å². The molecule has 3 aromatic rings. The zero-order chi connectivity index (χ0) is 28.0. The molecule has 204 valence electrons. The maximum Gasteiger partial charge on any atom is 0.123 e. The van der Waals surface area contributed by atoms with Gasteiger partial charge >= 0.3 is 0 Å². The molecule has 0 radical (unpaired) electrons. The normalized spacial score (nSPS) is 17.0. The van der Waals surface area contributed by atoms with Crippen molar-refractivity contribution in [1.29, 1.82) is 0 Å². The fraction of sp³-hybridized carbons (Fsp3) is 0.421. The highest BCUT2D eigenvalue weighted by atomic mass is 16.3. The molecule has 1 nitrogen and oxygen atoms in total. The van der Waals surface area contributed by atoms with Crippen LogP contribution in [0.1, 0.15) is 94.8 Å². The molecule has 0 fully saturated rings. The predicted octanol–water partition coefficient (Wildman–Crippen LogP) is 9.77. The van der Waals surface area contributed by atoms with Crippen molar-refractivity contribution < 1.29 is 5.11 Å². The summed E-state index contributed by atoms with van der Waals surface area (Å²) in [6.07, 6.45) is 8.84. The van der Waals surface area contributed by atoms with Crippen LogP contribution in [-0.2, 0) is 25.7 Å². The molecule has 2 aliphatic rings. The van der Waals surface area contributed by atoms with Crippen molar-refractivity contribution in [3.8, 4) is 5.75 Å². The average Bonchev–Trinajstić information content (AvgIpc) is 3.42. The Morgan fingerprint density at radius 3 is 2.33 bits per heavy atom. The lowest BCUT2D eigenvalue weighted by molar-refractivity contribution is 0.471. The summed E-state index contributed by atoms with van der Waals surface area (Å²) in [6, 6.07) is 13.2. The molecule has 0 aromatic heterocycles. The number of hydrogen-bond acceptors (Lipinski definition) is 1. The Hall–Kier alpha value is -3.06. The highest BCUT2D eigenvalue weighted by Crippen LogP contribution is 2.44. The second-order valence-electron chi connectivity index (χ2n) is 13.0. The molecule has 0 spiro atoms. The maximum absolute atomic E-state index is 11.1. The first-order valence-corrected chi connectivity index (χ1v) is 15.0. The van der Waals surface area contributed by atoms with Gasteiger partial charge in [0.1, 0.15) is 5.75 Å². The van der Waals surface area contributed by atoms with E-state index in [9.17, 15) is 5.11 Å².